The Hall–Kier alpha value is -1.45. The zero-order chi connectivity index (χ0) is 21.4. The second-order valence-electron chi connectivity index (χ2n) is 7.17. The summed E-state index contributed by atoms with van der Waals surface area (Å²) in [6.45, 7) is 17.9. The highest BCUT2D eigenvalue weighted by Gasteiger charge is 2.29. The first-order chi connectivity index (χ1) is 13.6. The van der Waals surface area contributed by atoms with E-state index < -0.39 is 0 Å². The third-order valence-corrected chi connectivity index (χ3v) is 5.51. The summed E-state index contributed by atoms with van der Waals surface area (Å²) in [6.07, 6.45) is 7.72. The Morgan fingerprint density at radius 1 is 1.07 bits per heavy atom. The molecule has 160 valence electrons. The van der Waals surface area contributed by atoms with Crippen LogP contribution in [0.1, 0.15) is 88.6 Å². The van der Waals surface area contributed by atoms with E-state index in [0.29, 0.717) is 5.92 Å². The number of benzene rings is 1. The van der Waals surface area contributed by atoms with Gasteiger partial charge in [0.2, 0.25) is 0 Å². The smallest absolute Gasteiger partial charge is 0.154 e. The molecule has 2 rings (SSSR count). The third kappa shape index (κ3) is 9.66. The molecule has 3 unspecified atom stereocenters. The van der Waals surface area contributed by atoms with E-state index in [1.54, 1.807) is 0 Å². The van der Waals surface area contributed by atoms with Crippen molar-refractivity contribution in [2.75, 3.05) is 13.2 Å². The van der Waals surface area contributed by atoms with Crippen molar-refractivity contribution in [3.05, 3.63) is 48.6 Å². The van der Waals surface area contributed by atoms with Crippen molar-refractivity contribution < 1.29 is 14.3 Å². The van der Waals surface area contributed by atoms with Gasteiger partial charge in [-0.25, -0.2) is 0 Å². The topological polar surface area (TPSA) is 35.5 Å². The monoisotopic (exact) mass is 390 g/mol. The summed E-state index contributed by atoms with van der Waals surface area (Å²) in [5.74, 6) is 2.24. The van der Waals surface area contributed by atoms with Crippen molar-refractivity contribution in [3.63, 3.8) is 0 Å². The zero-order valence-corrected chi connectivity index (χ0v) is 18.8. The van der Waals surface area contributed by atoms with Gasteiger partial charge in [0, 0.05) is 18.8 Å². The van der Waals surface area contributed by atoms with E-state index in [1.165, 1.54) is 37.7 Å². The lowest BCUT2D eigenvalue weighted by Crippen LogP contribution is -2.24. The molecule has 1 saturated carbocycles. The van der Waals surface area contributed by atoms with Crippen LogP contribution >= 0.6 is 0 Å². The summed E-state index contributed by atoms with van der Waals surface area (Å²) in [5.41, 5.74) is 2.15. The second-order valence-corrected chi connectivity index (χ2v) is 7.17. The fourth-order valence-corrected chi connectivity index (χ4v) is 4.08. The largest absolute Gasteiger partial charge is 0.353 e. The van der Waals surface area contributed by atoms with Gasteiger partial charge in [-0.05, 0) is 56.6 Å². The molecular weight excluding hydrogens is 348 g/mol. The van der Waals surface area contributed by atoms with Gasteiger partial charge in [0.05, 0.1) is 0 Å². The third-order valence-electron chi connectivity index (χ3n) is 5.51. The lowest BCUT2D eigenvalue weighted by molar-refractivity contribution is -0.123. The quantitative estimate of drug-likeness (QED) is 0.271. The molecule has 0 radical (unpaired) electrons. The van der Waals surface area contributed by atoms with Gasteiger partial charge in [-0.3, -0.25) is 4.79 Å². The van der Waals surface area contributed by atoms with Crippen molar-refractivity contribution in [2.45, 2.75) is 78.9 Å². The van der Waals surface area contributed by atoms with Crippen molar-refractivity contribution in [2.24, 2.45) is 11.8 Å². The molecule has 1 aliphatic rings. The highest BCUT2D eigenvalue weighted by atomic mass is 16.7. The maximum absolute atomic E-state index is 10.9. The summed E-state index contributed by atoms with van der Waals surface area (Å²) in [4.78, 5) is 10.9. The molecule has 3 atom stereocenters. The van der Waals surface area contributed by atoms with Crippen LogP contribution in [0.5, 0.6) is 0 Å². The number of carbonyl (C=O) groups is 1. The van der Waals surface area contributed by atoms with Gasteiger partial charge in [0.1, 0.15) is 6.29 Å². The number of hydrogen-bond donors (Lipinski definition) is 0. The van der Waals surface area contributed by atoms with Gasteiger partial charge in [-0.2, -0.15) is 0 Å². The van der Waals surface area contributed by atoms with Gasteiger partial charge < -0.3 is 9.47 Å². The summed E-state index contributed by atoms with van der Waals surface area (Å²) < 4.78 is 10.1. The van der Waals surface area contributed by atoms with E-state index in [2.05, 4.69) is 39.1 Å². The maximum atomic E-state index is 10.9. The maximum Gasteiger partial charge on any atom is 0.154 e. The van der Waals surface area contributed by atoms with Gasteiger partial charge in [0.15, 0.2) is 6.29 Å². The summed E-state index contributed by atoms with van der Waals surface area (Å²) in [5, 5.41) is 0. The minimum absolute atomic E-state index is 0.0370. The molecule has 0 N–H and O–H groups in total. The molecule has 3 nitrogen and oxygen atoms in total. The molecule has 0 saturated heterocycles. The van der Waals surface area contributed by atoms with Crippen LogP contribution in [0, 0.1) is 11.8 Å². The summed E-state index contributed by atoms with van der Waals surface area (Å²) >= 11 is 0. The predicted molar refractivity (Wildman–Crippen MR) is 120 cm³/mol. The minimum atomic E-state index is -0.0370. The first-order valence-corrected chi connectivity index (χ1v) is 10.9. The lowest BCUT2D eigenvalue weighted by atomic mass is 9.70. The normalized spacial score (nSPS) is 19.6. The van der Waals surface area contributed by atoms with E-state index in [-0.39, 0.29) is 6.29 Å². The number of aldehydes is 1. The molecule has 0 bridgehead atoms. The first kappa shape index (κ1) is 26.6. The fourth-order valence-electron chi connectivity index (χ4n) is 4.08. The minimum Gasteiger partial charge on any atom is -0.353 e. The van der Waals surface area contributed by atoms with Gasteiger partial charge in [-0.15, -0.1) is 13.2 Å². The fraction of sp³-hybridized carbons (Fsp3) is 0.640. The highest BCUT2D eigenvalue weighted by molar-refractivity contribution is 5.75. The van der Waals surface area contributed by atoms with Crippen molar-refractivity contribution in [3.8, 4) is 0 Å². The molecule has 0 aliphatic heterocycles. The Labute approximate surface area is 173 Å². The molecule has 3 heteroatoms. The zero-order valence-electron chi connectivity index (χ0n) is 18.8. The van der Waals surface area contributed by atoms with Gasteiger partial charge >= 0.3 is 0 Å². The number of hydrogen-bond acceptors (Lipinski definition) is 3. The van der Waals surface area contributed by atoms with Crippen LogP contribution in [-0.2, 0) is 9.47 Å². The molecule has 0 heterocycles. The SMILES string of the molecule is C=C.CCC1CCCCC1C(C)c1cccc(C=O)c1.CCOC(C)OCC. The van der Waals surface area contributed by atoms with Gasteiger partial charge in [-0.1, -0.05) is 57.7 Å². The molecule has 28 heavy (non-hydrogen) atoms. The molecule has 0 spiro atoms. The average Bonchev–Trinajstić information content (AvgIpc) is 2.75. The molecule has 1 fully saturated rings. The Bertz CT molecular complexity index is 508. The van der Waals surface area contributed by atoms with Gasteiger partial charge in [0.25, 0.3) is 0 Å². The Kier molecular flexibility index (Phi) is 15.6. The van der Waals surface area contributed by atoms with Crippen molar-refractivity contribution >= 4 is 6.29 Å². The lowest BCUT2D eigenvalue weighted by Gasteiger charge is -2.35. The Balaban J connectivity index is 0.000000618. The number of rotatable bonds is 8. The Morgan fingerprint density at radius 3 is 2.21 bits per heavy atom. The van der Waals surface area contributed by atoms with Crippen LogP contribution in [0.25, 0.3) is 0 Å². The standard InChI is InChI=1S/C17H24O.C6H14O2.C2H4/c1-3-15-8-4-5-10-17(15)13(2)16-9-6-7-14(11-16)12-18;1-4-7-6(3)8-5-2;1-2/h6-7,9,11-13,15,17H,3-5,8,10H2,1-2H3;6H,4-5H2,1-3H3;1-2H2. The summed E-state index contributed by atoms with van der Waals surface area (Å²) in [7, 11) is 0. The van der Waals surface area contributed by atoms with Crippen LogP contribution in [0.3, 0.4) is 0 Å². The molecule has 1 aromatic carbocycles. The van der Waals surface area contributed by atoms with E-state index in [9.17, 15) is 4.79 Å². The molecule has 0 amide bonds. The van der Waals surface area contributed by atoms with E-state index in [4.69, 9.17) is 9.47 Å². The van der Waals surface area contributed by atoms with Crippen LogP contribution < -0.4 is 0 Å². The van der Waals surface area contributed by atoms with E-state index >= 15 is 0 Å². The number of ether oxygens (including phenoxy) is 2. The van der Waals surface area contributed by atoms with Crippen LogP contribution in [0.2, 0.25) is 0 Å². The van der Waals surface area contributed by atoms with E-state index in [1.807, 2.05) is 32.9 Å². The van der Waals surface area contributed by atoms with Crippen molar-refractivity contribution in [1.82, 2.24) is 0 Å². The van der Waals surface area contributed by atoms with E-state index in [0.717, 1.165) is 36.9 Å². The molecular formula is C25H42O3. The van der Waals surface area contributed by atoms with Crippen LogP contribution in [0.4, 0.5) is 0 Å². The molecule has 0 aromatic heterocycles. The Morgan fingerprint density at radius 2 is 1.68 bits per heavy atom. The second kappa shape index (κ2) is 16.5. The summed E-state index contributed by atoms with van der Waals surface area (Å²) in [6, 6.07) is 8.15. The molecule has 1 aromatic rings. The number of carbonyl (C=O) groups excluding carboxylic acids is 1. The van der Waals surface area contributed by atoms with Crippen molar-refractivity contribution in [1.29, 1.82) is 0 Å². The first-order valence-electron chi connectivity index (χ1n) is 10.9. The van der Waals surface area contributed by atoms with Crippen LogP contribution in [0.15, 0.2) is 37.4 Å². The molecule has 1 aliphatic carbocycles. The van der Waals surface area contributed by atoms with Crippen LogP contribution in [-0.4, -0.2) is 25.8 Å². The highest BCUT2D eigenvalue weighted by Crippen LogP contribution is 2.41. The predicted octanol–water partition coefficient (Wildman–Crippen LogP) is 7.03. The average molecular weight is 391 g/mol.